The molecule has 17 heavy (non-hydrogen) atoms. The molecule has 2 fully saturated rings. The van der Waals surface area contributed by atoms with Gasteiger partial charge in [-0.15, -0.1) is 0 Å². The molecule has 2 heteroatoms. The number of carbonyl (C=O) groups excluding carboxylic acids is 1. The monoisotopic (exact) mass is 235 g/mol. The van der Waals surface area contributed by atoms with Crippen LogP contribution in [0.4, 0.5) is 0 Å². The normalized spacial score (nSPS) is 27.4. The Morgan fingerprint density at radius 3 is 2.71 bits per heavy atom. The van der Waals surface area contributed by atoms with Crippen molar-refractivity contribution in [2.75, 3.05) is 13.6 Å². The molecule has 0 aromatic heterocycles. The van der Waals surface area contributed by atoms with Crippen LogP contribution in [0.15, 0.2) is 12.2 Å². The molecule has 0 bridgehead atoms. The van der Waals surface area contributed by atoms with E-state index >= 15 is 0 Å². The molecule has 2 aliphatic rings. The Balaban J connectivity index is 1.59. The average Bonchev–Trinajstić information content (AvgIpc) is 3.19. The largest absolute Gasteiger partial charge is 0.345 e. The third-order valence-electron chi connectivity index (χ3n) is 3.99. The Hall–Kier alpha value is -0.790. The third-order valence-corrected chi connectivity index (χ3v) is 3.99. The molecule has 2 rings (SSSR count). The van der Waals surface area contributed by atoms with Crippen LogP contribution in [0.5, 0.6) is 0 Å². The fourth-order valence-corrected chi connectivity index (χ4v) is 2.57. The summed E-state index contributed by atoms with van der Waals surface area (Å²) in [5.41, 5.74) is 0. The highest BCUT2D eigenvalue weighted by atomic mass is 16.2. The lowest BCUT2D eigenvalue weighted by Crippen LogP contribution is -2.30. The zero-order valence-corrected chi connectivity index (χ0v) is 11.2. The van der Waals surface area contributed by atoms with Gasteiger partial charge in [-0.25, -0.2) is 0 Å². The van der Waals surface area contributed by atoms with Crippen molar-refractivity contribution in [3.05, 3.63) is 12.2 Å². The number of hydrogen-bond donors (Lipinski definition) is 0. The Morgan fingerprint density at radius 1 is 1.29 bits per heavy atom. The first-order valence-electron chi connectivity index (χ1n) is 7.12. The molecule has 0 aliphatic heterocycles. The molecule has 0 radical (unpaired) electrons. The molecule has 2 unspecified atom stereocenters. The summed E-state index contributed by atoms with van der Waals surface area (Å²) in [5, 5.41) is 0. The Bertz CT molecular complexity index is 293. The predicted molar refractivity (Wildman–Crippen MR) is 70.6 cm³/mol. The second kappa shape index (κ2) is 5.70. The summed E-state index contributed by atoms with van der Waals surface area (Å²) in [4.78, 5) is 13.8. The molecule has 0 aromatic rings. The Labute approximate surface area is 105 Å². The summed E-state index contributed by atoms with van der Waals surface area (Å²) in [6.07, 6.45) is 11.8. The summed E-state index contributed by atoms with van der Waals surface area (Å²) in [5.74, 6) is 2.44. The third kappa shape index (κ3) is 3.86. The van der Waals surface area contributed by atoms with Crippen LogP contribution in [0.2, 0.25) is 0 Å². The van der Waals surface area contributed by atoms with Gasteiger partial charge in [0.2, 0.25) is 5.91 Å². The van der Waals surface area contributed by atoms with Crippen LogP contribution in [0.25, 0.3) is 0 Å². The van der Waals surface area contributed by atoms with Crippen LogP contribution in [0.3, 0.4) is 0 Å². The van der Waals surface area contributed by atoms with Gasteiger partial charge < -0.3 is 4.90 Å². The maximum Gasteiger partial charge on any atom is 0.225 e. The lowest BCUT2D eigenvalue weighted by Gasteiger charge is -2.16. The second-order valence-corrected chi connectivity index (χ2v) is 5.71. The standard InChI is InChI=1S/C15H25NO/c1-3-4-5-6-7-13-10-14(13)11-16(2)15(17)12-8-9-12/h4-5,12-14H,3,6-11H2,1-2H3. The van der Waals surface area contributed by atoms with E-state index in [-0.39, 0.29) is 0 Å². The molecule has 2 aliphatic carbocycles. The van der Waals surface area contributed by atoms with Gasteiger partial charge in [-0.3, -0.25) is 4.79 Å². The number of amides is 1. The first-order valence-corrected chi connectivity index (χ1v) is 7.12. The van der Waals surface area contributed by atoms with Crippen molar-refractivity contribution in [1.82, 2.24) is 4.90 Å². The van der Waals surface area contributed by atoms with Crippen molar-refractivity contribution in [3.63, 3.8) is 0 Å². The minimum atomic E-state index is 0.379. The van der Waals surface area contributed by atoms with Crippen LogP contribution in [0, 0.1) is 17.8 Å². The van der Waals surface area contributed by atoms with Gasteiger partial charge in [-0.2, -0.15) is 0 Å². The Morgan fingerprint density at radius 2 is 2.06 bits per heavy atom. The highest BCUT2D eigenvalue weighted by Gasteiger charge is 2.39. The summed E-state index contributed by atoms with van der Waals surface area (Å²) in [6.45, 7) is 3.17. The maximum atomic E-state index is 11.8. The predicted octanol–water partition coefficient (Wildman–Crippen LogP) is 3.24. The number of nitrogens with zero attached hydrogens (tertiary/aromatic N) is 1. The maximum absolute atomic E-state index is 11.8. The van der Waals surface area contributed by atoms with E-state index in [4.69, 9.17) is 0 Å². The lowest BCUT2D eigenvalue weighted by atomic mass is 10.1. The molecule has 2 atom stereocenters. The summed E-state index contributed by atoms with van der Waals surface area (Å²) in [6, 6.07) is 0. The molecular weight excluding hydrogens is 210 g/mol. The van der Waals surface area contributed by atoms with E-state index in [1.54, 1.807) is 0 Å². The highest BCUT2D eigenvalue weighted by molar-refractivity contribution is 5.80. The number of allylic oxidation sites excluding steroid dienone is 2. The van der Waals surface area contributed by atoms with Gasteiger partial charge >= 0.3 is 0 Å². The molecule has 1 amide bonds. The molecule has 2 saturated carbocycles. The van der Waals surface area contributed by atoms with Crippen LogP contribution >= 0.6 is 0 Å². The molecule has 2 nitrogen and oxygen atoms in total. The molecule has 0 N–H and O–H groups in total. The van der Waals surface area contributed by atoms with Crippen molar-refractivity contribution in [2.24, 2.45) is 17.8 Å². The van der Waals surface area contributed by atoms with E-state index in [9.17, 15) is 4.79 Å². The van der Waals surface area contributed by atoms with E-state index in [1.165, 1.54) is 19.3 Å². The van der Waals surface area contributed by atoms with Gasteiger partial charge in [0.05, 0.1) is 0 Å². The summed E-state index contributed by atoms with van der Waals surface area (Å²) >= 11 is 0. The number of carbonyl (C=O) groups is 1. The van der Waals surface area contributed by atoms with Gasteiger partial charge in [0.15, 0.2) is 0 Å². The molecular formula is C15H25NO. The number of hydrogen-bond acceptors (Lipinski definition) is 1. The van der Waals surface area contributed by atoms with Crippen LogP contribution in [-0.4, -0.2) is 24.4 Å². The van der Waals surface area contributed by atoms with Crippen molar-refractivity contribution in [1.29, 1.82) is 0 Å². The highest BCUT2D eigenvalue weighted by Crippen LogP contribution is 2.43. The zero-order chi connectivity index (χ0) is 12.3. The summed E-state index contributed by atoms with van der Waals surface area (Å²) in [7, 11) is 1.98. The van der Waals surface area contributed by atoms with Gasteiger partial charge in [0.25, 0.3) is 0 Å². The van der Waals surface area contributed by atoms with Gasteiger partial charge in [-0.1, -0.05) is 19.1 Å². The zero-order valence-electron chi connectivity index (χ0n) is 11.2. The Kier molecular flexibility index (Phi) is 4.25. The van der Waals surface area contributed by atoms with E-state index in [1.807, 2.05) is 11.9 Å². The van der Waals surface area contributed by atoms with Crippen molar-refractivity contribution < 1.29 is 4.79 Å². The topological polar surface area (TPSA) is 20.3 Å². The van der Waals surface area contributed by atoms with Crippen LogP contribution in [-0.2, 0) is 4.79 Å². The van der Waals surface area contributed by atoms with Crippen LogP contribution in [0.1, 0.15) is 45.4 Å². The fourth-order valence-electron chi connectivity index (χ4n) is 2.57. The smallest absolute Gasteiger partial charge is 0.225 e. The first-order chi connectivity index (χ1) is 8.22. The molecule has 0 spiro atoms. The lowest BCUT2D eigenvalue weighted by molar-refractivity contribution is -0.131. The van der Waals surface area contributed by atoms with E-state index < -0.39 is 0 Å². The SMILES string of the molecule is CCC=CCCC1CC1CN(C)C(=O)C1CC1. The molecule has 96 valence electrons. The van der Waals surface area contributed by atoms with Crippen molar-refractivity contribution >= 4 is 5.91 Å². The van der Waals surface area contributed by atoms with E-state index in [0.29, 0.717) is 11.8 Å². The second-order valence-electron chi connectivity index (χ2n) is 5.71. The minimum Gasteiger partial charge on any atom is -0.345 e. The van der Waals surface area contributed by atoms with Gasteiger partial charge in [0.1, 0.15) is 0 Å². The van der Waals surface area contributed by atoms with Crippen molar-refractivity contribution in [2.45, 2.75) is 45.4 Å². The first kappa shape index (κ1) is 12.7. The molecule has 0 aromatic carbocycles. The molecule has 0 heterocycles. The van der Waals surface area contributed by atoms with Crippen LogP contribution < -0.4 is 0 Å². The van der Waals surface area contributed by atoms with Gasteiger partial charge in [-0.05, 0) is 50.4 Å². The quantitative estimate of drug-likeness (QED) is 0.620. The van der Waals surface area contributed by atoms with Gasteiger partial charge in [0, 0.05) is 19.5 Å². The summed E-state index contributed by atoms with van der Waals surface area (Å²) < 4.78 is 0. The number of rotatable bonds is 7. The minimum absolute atomic E-state index is 0.379. The van der Waals surface area contributed by atoms with E-state index in [2.05, 4.69) is 19.1 Å². The molecule has 0 saturated heterocycles. The fraction of sp³-hybridized carbons (Fsp3) is 0.800. The average molecular weight is 235 g/mol. The van der Waals surface area contributed by atoms with Crippen molar-refractivity contribution in [3.8, 4) is 0 Å². The van der Waals surface area contributed by atoms with E-state index in [0.717, 1.165) is 37.6 Å².